The minimum absolute atomic E-state index is 0.411. The van der Waals surface area contributed by atoms with Crippen LogP contribution >= 0.6 is 0 Å². The minimum Gasteiger partial charge on any atom is -0.365 e. The maximum atomic E-state index is 12.1. The molecule has 1 aliphatic carbocycles. The number of rotatable bonds is 0. The van der Waals surface area contributed by atoms with E-state index in [1.807, 2.05) is 35.8 Å². The number of aromatic nitrogens is 1. The summed E-state index contributed by atoms with van der Waals surface area (Å²) in [6.07, 6.45) is 5.54. The molecule has 3 rings (SSSR count). The highest BCUT2D eigenvalue weighted by atomic mass is 16.2. The Labute approximate surface area is 105 Å². The van der Waals surface area contributed by atoms with Crippen LogP contribution in [0, 0.1) is 0 Å². The Morgan fingerprint density at radius 3 is 2.83 bits per heavy atom. The van der Waals surface area contributed by atoms with Crippen LogP contribution in [0.25, 0.3) is 5.70 Å². The van der Waals surface area contributed by atoms with Crippen molar-refractivity contribution in [2.75, 3.05) is 13.6 Å². The van der Waals surface area contributed by atoms with Crippen LogP contribution in [0.5, 0.6) is 0 Å². The van der Waals surface area contributed by atoms with Crippen LogP contribution in [0.15, 0.2) is 36.1 Å². The Balaban J connectivity index is 2.39. The molecule has 0 unspecified atom stereocenters. The lowest BCUT2D eigenvalue weighted by Crippen LogP contribution is -2.43. The highest BCUT2D eigenvalue weighted by Gasteiger charge is 2.39. The SMILES string of the molecule is CN1CC=CC2=C1c1c(ccc[n+]1C)C(=O)C2=O. The first kappa shape index (κ1) is 10.9. The molecule has 0 saturated carbocycles. The Bertz CT molecular complexity index is 641. The van der Waals surface area contributed by atoms with E-state index in [0.717, 1.165) is 17.9 Å². The third-order valence-electron chi connectivity index (χ3n) is 3.40. The van der Waals surface area contributed by atoms with Crippen LogP contribution in [0.2, 0.25) is 0 Å². The molecule has 0 amide bonds. The van der Waals surface area contributed by atoms with Gasteiger partial charge in [0.05, 0.1) is 5.57 Å². The van der Waals surface area contributed by atoms with Crippen molar-refractivity contribution < 1.29 is 14.2 Å². The number of hydrogen-bond acceptors (Lipinski definition) is 3. The van der Waals surface area contributed by atoms with Crippen LogP contribution < -0.4 is 4.57 Å². The van der Waals surface area contributed by atoms with Gasteiger partial charge in [0.25, 0.3) is 0 Å². The first-order valence-corrected chi connectivity index (χ1v) is 5.81. The summed E-state index contributed by atoms with van der Waals surface area (Å²) in [4.78, 5) is 26.2. The van der Waals surface area contributed by atoms with Gasteiger partial charge in [-0.15, -0.1) is 0 Å². The van der Waals surface area contributed by atoms with E-state index in [2.05, 4.69) is 0 Å². The topological polar surface area (TPSA) is 41.3 Å². The molecule has 2 aliphatic rings. The van der Waals surface area contributed by atoms with Crippen LogP contribution in [0.4, 0.5) is 0 Å². The maximum absolute atomic E-state index is 12.1. The summed E-state index contributed by atoms with van der Waals surface area (Å²) in [5, 5.41) is 0. The fourth-order valence-electron chi connectivity index (χ4n) is 2.53. The number of aryl methyl sites for hydroxylation is 1. The van der Waals surface area contributed by atoms with E-state index in [-0.39, 0.29) is 0 Å². The number of hydrogen-bond donors (Lipinski definition) is 0. The third-order valence-corrected chi connectivity index (χ3v) is 3.40. The average Bonchev–Trinajstić information content (AvgIpc) is 2.36. The van der Waals surface area contributed by atoms with Gasteiger partial charge < -0.3 is 4.90 Å². The predicted octanol–water partition coefficient (Wildman–Crippen LogP) is 0.489. The molecule has 1 aromatic rings. The van der Waals surface area contributed by atoms with Gasteiger partial charge in [0.15, 0.2) is 6.20 Å². The molecule has 0 bridgehead atoms. The summed E-state index contributed by atoms with van der Waals surface area (Å²) in [5.41, 5.74) is 2.66. The van der Waals surface area contributed by atoms with Crippen LogP contribution in [0.1, 0.15) is 16.1 Å². The molecular formula is C14H13N2O2+. The molecule has 0 saturated heterocycles. The van der Waals surface area contributed by atoms with Gasteiger partial charge in [-0.2, -0.15) is 4.57 Å². The number of carbonyl (C=O) groups is 2. The van der Waals surface area contributed by atoms with Gasteiger partial charge in [-0.3, -0.25) is 9.59 Å². The zero-order chi connectivity index (χ0) is 12.9. The lowest BCUT2D eigenvalue weighted by atomic mass is 9.88. The van der Waals surface area contributed by atoms with E-state index in [0.29, 0.717) is 11.1 Å². The fourth-order valence-corrected chi connectivity index (χ4v) is 2.53. The largest absolute Gasteiger partial charge is 0.365 e. The fraction of sp³-hybridized carbons (Fsp3) is 0.214. The van der Waals surface area contributed by atoms with Gasteiger partial charge in [-0.25, -0.2) is 0 Å². The summed E-state index contributed by atoms with van der Waals surface area (Å²) in [5.74, 6) is -0.827. The second-order valence-corrected chi connectivity index (χ2v) is 4.58. The van der Waals surface area contributed by atoms with E-state index in [1.54, 1.807) is 18.2 Å². The summed E-state index contributed by atoms with van der Waals surface area (Å²) < 4.78 is 1.89. The Hall–Kier alpha value is -2.23. The molecule has 4 heteroatoms. The first-order valence-electron chi connectivity index (χ1n) is 5.81. The first-order chi connectivity index (χ1) is 8.61. The van der Waals surface area contributed by atoms with Crippen molar-refractivity contribution in [3.63, 3.8) is 0 Å². The quantitative estimate of drug-likeness (QED) is 0.490. The van der Waals surface area contributed by atoms with Gasteiger partial charge >= 0.3 is 0 Å². The Kier molecular flexibility index (Phi) is 2.20. The summed E-state index contributed by atoms with van der Waals surface area (Å²) in [6.45, 7) is 0.745. The van der Waals surface area contributed by atoms with E-state index in [1.165, 1.54) is 0 Å². The van der Waals surface area contributed by atoms with Gasteiger partial charge in [-0.05, 0) is 6.07 Å². The summed E-state index contributed by atoms with van der Waals surface area (Å²) >= 11 is 0. The van der Waals surface area contributed by atoms with Crippen LogP contribution in [-0.4, -0.2) is 30.1 Å². The van der Waals surface area contributed by atoms with Crippen molar-refractivity contribution in [2.24, 2.45) is 7.05 Å². The van der Waals surface area contributed by atoms with E-state index in [4.69, 9.17) is 0 Å². The predicted molar refractivity (Wildman–Crippen MR) is 65.6 cm³/mol. The molecule has 4 nitrogen and oxygen atoms in total. The van der Waals surface area contributed by atoms with Crippen molar-refractivity contribution in [1.29, 1.82) is 0 Å². The second-order valence-electron chi connectivity index (χ2n) is 4.58. The Morgan fingerprint density at radius 2 is 2.06 bits per heavy atom. The summed E-state index contributed by atoms with van der Waals surface area (Å²) in [7, 11) is 3.82. The molecule has 1 aromatic heterocycles. The molecule has 0 atom stereocenters. The highest BCUT2D eigenvalue weighted by molar-refractivity contribution is 6.52. The number of Topliss-reactive ketones (excluding diaryl/α,β-unsaturated/α-hetero) is 2. The normalized spacial score (nSPS) is 18.0. The van der Waals surface area contributed by atoms with Crippen molar-refractivity contribution in [3.05, 3.63) is 47.3 Å². The van der Waals surface area contributed by atoms with Gasteiger partial charge in [0.2, 0.25) is 17.3 Å². The lowest BCUT2D eigenvalue weighted by Gasteiger charge is -2.27. The second kappa shape index (κ2) is 3.63. The number of fused-ring (bicyclic) bond motifs is 2. The number of pyridine rings is 1. The molecule has 90 valence electrons. The number of likely N-dealkylation sites (N-methyl/N-ethyl adjacent to an activating group) is 1. The molecular weight excluding hydrogens is 228 g/mol. The zero-order valence-electron chi connectivity index (χ0n) is 10.3. The molecule has 0 N–H and O–H groups in total. The molecule has 18 heavy (non-hydrogen) atoms. The minimum atomic E-state index is -0.417. The molecule has 2 heterocycles. The van der Waals surface area contributed by atoms with Crippen molar-refractivity contribution >= 4 is 17.3 Å². The number of ketones is 2. The van der Waals surface area contributed by atoms with Gasteiger partial charge in [0, 0.05) is 19.7 Å². The van der Waals surface area contributed by atoms with E-state index >= 15 is 0 Å². The molecule has 0 spiro atoms. The summed E-state index contributed by atoms with van der Waals surface area (Å²) in [6, 6.07) is 3.50. The molecule has 0 aromatic carbocycles. The zero-order valence-corrected chi connectivity index (χ0v) is 10.3. The molecule has 1 aliphatic heterocycles. The maximum Gasteiger partial charge on any atom is 0.240 e. The smallest absolute Gasteiger partial charge is 0.240 e. The lowest BCUT2D eigenvalue weighted by molar-refractivity contribution is -0.674. The van der Waals surface area contributed by atoms with Crippen LogP contribution in [-0.2, 0) is 11.8 Å². The third kappa shape index (κ3) is 1.29. The van der Waals surface area contributed by atoms with Gasteiger partial charge in [0.1, 0.15) is 18.3 Å². The van der Waals surface area contributed by atoms with Crippen molar-refractivity contribution in [1.82, 2.24) is 4.90 Å². The monoisotopic (exact) mass is 241 g/mol. The standard InChI is InChI=1S/C14H13N2O2/c1-15-7-3-5-9-11(15)12-10(14(18)13(9)17)6-4-8-16(12)2/h3-7H,8H2,1-2H3/q+1. The number of allylic oxidation sites excluding steroid dienone is 2. The van der Waals surface area contributed by atoms with E-state index in [9.17, 15) is 9.59 Å². The van der Waals surface area contributed by atoms with Crippen molar-refractivity contribution in [2.45, 2.75) is 0 Å². The average molecular weight is 241 g/mol. The van der Waals surface area contributed by atoms with Gasteiger partial charge in [-0.1, -0.05) is 12.2 Å². The Morgan fingerprint density at radius 1 is 1.28 bits per heavy atom. The number of carbonyl (C=O) groups excluding carboxylic acids is 2. The molecule has 0 radical (unpaired) electrons. The number of nitrogens with zero attached hydrogens (tertiary/aromatic N) is 2. The van der Waals surface area contributed by atoms with Crippen LogP contribution in [0.3, 0.4) is 0 Å². The van der Waals surface area contributed by atoms with Crippen molar-refractivity contribution in [3.8, 4) is 0 Å². The molecule has 0 fully saturated rings. The highest BCUT2D eigenvalue weighted by Crippen LogP contribution is 2.31. The van der Waals surface area contributed by atoms with E-state index < -0.39 is 11.6 Å².